The molecule has 2 N–H and O–H groups in total. The third kappa shape index (κ3) is 2.78. The lowest BCUT2D eigenvalue weighted by Gasteiger charge is -2.00. The lowest BCUT2D eigenvalue weighted by atomic mass is 10.3. The van der Waals surface area contributed by atoms with E-state index < -0.39 is 5.95 Å². The first-order valence-electron chi connectivity index (χ1n) is 2.94. The first-order chi connectivity index (χ1) is 4.70. The summed E-state index contributed by atoms with van der Waals surface area (Å²) in [4.78, 5) is 7.23. The van der Waals surface area contributed by atoms with Crippen LogP contribution >= 0.6 is 12.4 Å². The second-order valence-corrected chi connectivity index (χ2v) is 2.03. The van der Waals surface area contributed by atoms with E-state index in [4.69, 9.17) is 5.73 Å². The molecule has 62 valence electrons. The molecule has 1 aromatic rings. The van der Waals surface area contributed by atoms with Gasteiger partial charge in [0.2, 0.25) is 5.95 Å². The van der Waals surface area contributed by atoms with Gasteiger partial charge in [-0.15, -0.1) is 12.4 Å². The van der Waals surface area contributed by atoms with E-state index >= 15 is 0 Å². The Morgan fingerprint density at radius 2 is 2.27 bits per heavy atom. The van der Waals surface area contributed by atoms with Gasteiger partial charge in [-0.05, 0) is 6.92 Å². The lowest BCUT2D eigenvalue weighted by molar-refractivity contribution is 0.559. The topological polar surface area (TPSA) is 51.8 Å². The van der Waals surface area contributed by atoms with Gasteiger partial charge in [-0.25, -0.2) is 9.97 Å². The normalized spacial score (nSPS) is 11.9. The highest BCUT2D eigenvalue weighted by Gasteiger charge is 2.01. The second-order valence-electron chi connectivity index (χ2n) is 2.03. The highest BCUT2D eigenvalue weighted by Crippen LogP contribution is 2.01. The number of nitrogens with two attached hydrogens (primary N) is 1. The first-order valence-corrected chi connectivity index (χ1v) is 2.94. The molecule has 11 heavy (non-hydrogen) atoms. The molecule has 0 bridgehead atoms. The van der Waals surface area contributed by atoms with Gasteiger partial charge in [0.1, 0.15) is 5.82 Å². The maximum absolute atomic E-state index is 12.3. The molecule has 1 aromatic heterocycles. The van der Waals surface area contributed by atoms with E-state index in [1.165, 1.54) is 12.3 Å². The Morgan fingerprint density at radius 3 is 2.64 bits per heavy atom. The first kappa shape index (κ1) is 10.3. The molecule has 5 heteroatoms. The van der Waals surface area contributed by atoms with Crippen molar-refractivity contribution in [3.8, 4) is 0 Å². The molecule has 0 saturated heterocycles. The van der Waals surface area contributed by atoms with Gasteiger partial charge >= 0.3 is 0 Å². The molecule has 1 rings (SSSR count). The Morgan fingerprint density at radius 1 is 1.64 bits per heavy atom. The Bertz CT molecular complexity index is 229. The number of hydrogen-bond donors (Lipinski definition) is 1. The van der Waals surface area contributed by atoms with Crippen LogP contribution < -0.4 is 5.73 Å². The molecule has 0 aliphatic heterocycles. The summed E-state index contributed by atoms with van der Waals surface area (Å²) in [5.41, 5.74) is 5.39. The zero-order chi connectivity index (χ0) is 7.56. The molecule has 0 saturated carbocycles. The third-order valence-electron chi connectivity index (χ3n) is 1.05. The summed E-state index contributed by atoms with van der Waals surface area (Å²) in [7, 11) is 0. The summed E-state index contributed by atoms with van der Waals surface area (Å²) in [6.07, 6.45) is 1.35. The highest BCUT2D eigenvalue weighted by atomic mass is 35.5. The van der Waals surface area contributed by atoms with Crippen molar-refractivity contribution in [3.05, 3.63) is 24.0 Å². The molecule has 1 atom stereocenters. The molecule has 0 unspecified atom stereocenters. The Balaban J connectivity index is 0.000001000. The van der Waals surface area contributed by atoms with Gasteiger partial charge < -0.3 is 5.73 Å². The largest absolute Gasteiger partial charge is 0.322 e. The predicted molar refractivity (Wildman–Crippen MR) is 41.8 cm³/mol. The van der Waals surface area contributed by atoms with Crippen LogP contribution in [0.25, 0.3) is 0 Å². The van der Waals surface area contributed by atoms with Crippen molar-refractivity contribution >= 4 is 12.4 Å². The molecule has 0 radical (unpaired) electrons. The van der Waals surface area contributed by atoms with Gasteiger partial charge in [0.25, 0.3) is 0 Å². The monoisotopic (exact) mass is 177 g/mol. The van der Waals surface area contributed by atoms with Gasteiger partial charge in [0.05, 0.1) is 6.04 Å². The van der Waals surface area contributed by atoms with E-state index in [0.29, 0.717) is 5.82 Å². The third-order valence-corrected chi connectivity index (χ3v) is 1.05. The van der Waals surface area contributed by atoms with Crippen LogP contribution in [0.4, 0.5) is 4.39 Å². The smallest absolute Gasteiger partial charge is 0.216 e. The van der Waals surface area contributed by atoms with Crippen molar-refractivity contribution < 1.29 is 4.39 Å². The highest BCUT2D eigenvalue weighted by molar-refractivity contribution is 5.85. The lowest BCUT2D eigenvalue weighted by Crippen LogP contribution is -2.10. The Labute approximate surface area is 70.3 Å². The van der Waals surface area contributed by atoms with E-state index in [0.717, 1.165) is 0 Å². The van der Waals surface area contributed by atoms with E-state index in [1.54, 1.807) is 6.92 Å². The van der Waals surface area contributed by atoms with Crippen molar-refractivity contribution in [1.29, 1.82) is 0 Å². The average Bonchev–Trinajstić information content (AvgIpc) is 1.88. The fraction of sp³-hybridized carbons (Fsp3) is 0.333. The molecule has 0 aliphatic carbocycles. The minimum atomic E-state index is -0.540. The summed E-state index contributed by atoms with van der Waals surface area (Å²) in [6, 6.07) is 0.877. The predicted octanol–water partition coefficient (Wildman–Crippen LogP) is 1.06. The zero-order valence-corrected chi connectivity index (χ0v) is 6.81. The minimum absolute atomic E-state index is 0. The minimum Gasteiger partial charge on any atom is -0.322 e. The number of halogens is 2. The number of rotatable bonds is 1. The van der Waals surface area contributed by atoms with Crippen molar-refractivity contribution in [3.63, 3.8) is 0 Å². The van der Waals surface area contributed by atoms with Crippen molar-refractivity contribution in [2.45, 2.75) is 13.0 Å². The molecule has 0 aliphatic rings. The molecule has 0 aromatic carbocycles. The molecule has 0 spiro atoms. The summed E-state index contributed by atoms with van der Waals surface area (Å²) < 4.78 is 12.3. The van der Waals surface area contributed by atoms with Crippen LogP contribution in [-0.2, 0) is 0 Å². The summed E-state index contributed by atoms with van der Waals surface area (Å²) in [5.74, 6) is -0.206. The Kier molecular flexibility index (Phi) is 3.92. The van der Waals surface area contributed by atoms with Crippen LogP contribution in [0.3, 0.4) is 0 Å². The van der Waals surface area contributed by atoms with Gasteiger partial charge in [-0.1, -0.05) is 0 Å². The molecular weight excluding hydrogens is 169 g/mol. The second kappa shape index (κ2) is 4.20. The van der Waals surface area contributed by atoms with Crippen LogP contribution in [0, 0.1) is 5.95 Å². The molecule has 0 fully saturated rings. The van der Waals surface area contributed by atoms with E-state index in [-0.39, 0.29) is 18.4 Å². The summed E-state index contributed by atoms with van der Waals surface area (Å²) in [5, 5.41) is 0. The standard InChI is InChI=1S/C6H8FN3.ClH/c1-4(8)6-9-3-2-5(7)10-6;/h2-4H,8H2,1H3;1H/t4-;/m0./s1. The average molecular weight is 178 g/mol. The van der Waals surface area contributed by atoms with Crippen molar-refractivity contribution in [1.82, 2.24) is 9.97 Å². The fourth-order valence-electron chi connectivity index (χ4n) is 0.570. The zero-order valence-electron chi connectivity index (χ0n) is 5.99. The maximum atomic E-state index is 12.3. The fourth-order valence-corrected chi connectivity index (χ4v) is 0.570. The van der Waals surface area contributed by atoms with Crippen molar-refractivity contribution in [2.24, 2.45) is 5.73 Å². The van der Waals surface area contributed by atoms with Crippen molar-refractivity contribution in [2.75, 3.05) is 0 Å². The summed E-state index contributed by atoms with van der Waals surface area (Å²) in [6.45, 7) is 1.70. The van der Waals surface area contributed by atoms with Gasteiger partial charge in [0.15, 0.2) is 0 Å². The maximum Gasteiger partial charge on any atom is 0.216 e. The molecule has 3 nitrogen and oxygen atoms in total. The van der Waals surface area contributed by atoms with E-state index in [1.807, 2.05) is 0 Å². The Hall–Kier alpha value is -0.740. The summed E-state index contributed by atoms with van der Waals surface area (Å²) >= 11 is 0. The van der Waals surface area contributed by atoms with Crippen LogP contribution in [0.5, 0.6) is 0 Å². The quantitative estimate of drug-likeness (QED) is 0.653. The van der Waals surface area contributed by atoms with E-state index in [9.17, 15) is 4.39 Å². The van der Waals surface area contributed by atoms with Crippen LogP contribution in [0.2, 0.25) is 0 Å². The number of aromatic nitrogens is 2. The molecular formula is C6H9ClFN3. The number of hydrogen-bond acceptors (Lipinski definition) is 3. The SMILES string of the molecule is C[C@H](N)c1nccc(F)n1.Cl. The van der Waals surface area contributed by atoms with Gasteiger partial charge in [0, 0.05) is 12.3 Å². The molecule has 0 amide bonds. The van der Waals surface area contributed by atoms with E-state index in [2.05, 4.69) is 9.97 Å². The van der Waals surface area contributed by atoms with Crippen LogP contribution in [0.1, 0.15) is 18.8 Å². The van der Waals surface area contributed by atoms with Gasteiger partial charge in [-0.3, -0.25) is 0 Å². The molecule has 1 heterocycles. The van der Waals surface area contributed by atoms with Crippen LogP contribution in [-0.4, -0.2) is 9.97 Å². The van der Waals surface area contributed by atoms with Gasteiger partial charge in [-0.2, -0.15) is 4.39 Å². The number of nitrogens with zero attached hydrogens (tertiary/aromatic N) is 2. The van der Waals surface area contributed by atoms with Crippen LogP contribution in [0.15, 0.2) is 12.3 Å².